The molecular weight excluding hydrogens is 441 g/mol. The van der Waals surface area contributed by atoms with Crippen LogP contribution in [0, 0.1) is 5.82 Å². The Hall–Kier alpha value is -3.49. The van der Waals surface area contributed by atoms with E-state index in [1.165, 1.54) is 0 Å². The third-order valence-electron chi connectivity index (χ3n) is 5.49. The third kappa shape index (κ3) is 4.81. The van der Waals surface area contributed by atoms with E-state index in [1.807, 2.05) is 60.8 Å². The van der Waals surface area contributed by atoms with Gasteiger partial charge in [0.05, 0.1) is 10.5 Å². The van der Waals surface area contributed by atoms with E-state index in [2.05, 4.69) is 15.0 Å². The van der Waals surface area contributed by atoms with Crippen LogP contribution in [0.4, 0.5) is 4.39 Å². The molecular formula is C25H24FN3O3S. The van der Waals surface area contributed by atoms with E-state index >= 15 is 0 Å². The molecule has 0 saturated heterocycles. The van der Waals surface area contributed by atoms with Gasteiger partial charge in [0.2, 0.25) is 10.0 Å². The number of halogens is 1. The zero-order valence-electron chi connectivity index (χ0n) is 18.0. The molecule has 0 spiro atoms. The fraction of sp³-hybridized carbons (Fsp3) is 0.160. The molecule has 4 rings (SSSR count). The van der Waals surface area contributed by atoms with Crippen LogP contribution in [0.25, 0.3) is 10.9 Å². The van der Waals surface area contributed by atoms with Crippen molar-refractivity contribution in [1.29, 1.82) is 0 Å². The Morgan fingerprint density at radius 3 is 2.52 bits per heavy atom. The summed E-state index contributed by atoms with van der Waals surface area (Å²) in [6.07, 6.45) is 1.92. The Morgan fingerprint density at radius 1 is 1.03 bits per heavy atom. The molecule has 0 fully saturated rings. The smallest absolute Gasteiger partial charge is 0.254 e. The lowest BCUT2D eigenvalue weighted by Gasteiger charge is -2.18. The van der Waals surface area contributed by atoms with Crippen LogP contribution in [0.2, 0.25) is 0 Å². The van der Waals surface area contributed by atoms with Crippen molar-refractivity contribution in [2.75, 3.05) is 13.1 Å². The van der Waals surface area contributed by atoms with Crippen molar-refractivity contribution in [2.45, 2.75) is 17.7 Å². The minimum Gasteiger partial charge on any atom is -0.361 e. The number of sulfonamides is 1. The van der Waals surface area contributed by atoms with Gasteiger partial charge in [-0.25, -0.2) is 17.5 Å². The van der Waals surface area contributed by atoms with E-state index in [-0.39, 0.29) is 29.5 Å². The molecule has 170 valence electrons. The molecule has 1 unspecified atom stereocenters. The Labute approximate surface area is 191 Å². The van der Waals surface area contributed by atoms with Gasteiger partial charge >= 0.3 is 0 Å². The standard InChI is InChI=1S/C25H24FN3O3S/c1-2-29-33(31,32)18-12-13-23(26)20(14-18)25(30)28-15-21(17-8-4-3-5-9-17)22-16-27-24-11-7-6-10-19(22)24/h3-14,16,21,27,29H,2,15H2,1H3,(H,28,30). The lowest BCUT2D eigenvalue weighted by molar-refractivity contribution is 0.0948. The summed E-state index contributed by atoms with van der Waals surface area (Å²) in [5.41, 5.74) is 2.65. The molecule has 1 aromatic heterocycles. The first kappa shape index (κ1) is 22.7. The highest BCUT2D eigenvalue weighted by molar-refractivity contribution is 7.89. The maximum Gasteiger partial charge on any atom is 0.254 e. The van der Waals surface area contributed by atoms with Crippen LogP contribution in [0.15, 0.2) is 83.9 Å². The number of aromatic nitrogens is 1. The number of fused-ring (bicyclic) bond motifs is 1. The van der Waals surface area contributed by atoms with E-state index in [0.717, 1.165) is 40.2 Å². The quantitative estimate of drug-likeness (QED) is 0.365. The molecule has 6 nitrogen and oxygen atoms in total. The first-order valence-electron chi connectivity index (χ1n) is 10.6. The number of hydrogen-bond acceptors (Lipinski definition) is 3. The highest BCUT2D eigenvalue weighted by Crippen LogP contribution is 2.30. The molecule has 1 amide bonds. The zero-order valence-corrected chi connectivity index (χ0v) is 18.8. The molecule has 1 atom stereocenters. The van der Waals surface area contributed by atoms with Gasteiger partial charge in [-0.1, -0.05) is 55.5 Å². The van der Waals surface area contributed by atoms with Gasteiger partial charge in [-0.3, -0.25) is 4.79 Å². The maximum absolute atomic E-state index is 14.4. The van der Waals surface area contributed by atoms with E-state index in [9.17, 15) is 17.6 Å². The Kier molecular flexibility index (Phi) is 6.57. The van der Waals surface area contributed by atoms with Crippen LogP contribution in [0.3, 0.4) is 0 Å². The van der Waals surface area contributed by atoms with Crippen LogP contribution in [-0.4, -0.2) is 32.4 Å². The summed E-state index contributed by atoms with van der Waals surface area (Å²) in [4.78, 5) is 16.0. The van der Waals surface area contributed by atoms with Gasteiger partial charge in [-0.05, 0) is 35.4 Å². The molecule has 1 heterocycles. The van der Waals surface area contributed by atoms with Gasteiger partial charge < -0.3 is 10.3 Å². The van der Waals surface area contributed by atoms with Crippen molar-refractivity contribution in [2.24, 2.45) is 0 Å². The second-order valence-electron chi connectivity index (χ2n) is 7.61. The molecule has 3 N–H and O–H groups in total. The normalized spacial score (nSPS) is 12.5. The lowest BCUT2D eigenvalue weighted by atomic mass is 9.91. The predicted molar refractivity (Wildman–Crippen MR) is 126 cm³/mol. The second-order valence-corrected chi connectivity index (χ2v) is 9.37. The number of benzene rings is 3. The number of aromatic amines is 1. The van der Waals surface area contributed by atoms with Crippen LogP contribution in [0.5, 0.6) is 0 Å². The van der Waals surface area contributed by atoms with Gasteiger partial charge in [0, 0.05) is 36.1 Å². The van der Waals surface area contributed by atoms with Crippen LogP contribution >= 0.6 is 0 Å². The van der Waals surface area contributed by atoms with Crippen molar-refractivity contribution in [3.63, 3.8) is 0 Å². The molecule has 8 heteroatoms. The zero-order chi connectivity index (χ0) is 23.4. The number of H-pyrrole nitrogens is 1. The lowest BCUT2D eigenvalue weighted by Crippen LogP contribution is -2.30. The van der Waals surface area contributed by atoms with Gasteiger partial charge in [0.25, 0.3) is 5.91 Å². The summed E-state index contributed by atoms with van der Waals surface area (Å²) >= 11 is 0. The summed E-state index contributed by atoms with van der Waals surface area (Å²) < 4.78 is 41.3. The van der Waals surface area contributed by atoms with E-state index in [1.54, 1.807) is 6.92 Å². The summed E-state index contributed by atoms with van der Waals surface area (Å²) in [6.45, 7) is 2.03. The number of rotatable bonds is 8. The second kappa shape index (κ2) is 9.56. The van der Waals surface area contributed by atoms with E-state index in [0.29, 0.717) is 0 Å². The Bertz CT molecular complexity index is 1380. The molecule has 0 saturated carbocycles. The predicted octanol–water partition coefficient (Wildman–Crippen LogP) is 4.17. The molecule has 0 aliphatic rings. The molecule has 0 aliphatic carbocycles. The first-order valence-corrected chi connectivity index (χ1v) is 12.1. The number of hydrogen-bond donors (Lipinski definition) is 3. The van der Waals surface area contributed by atoms with Gasteiger partial charge in [-0.2, -0.15) is 0 Å². The maximum atomic E-state index is 14.4. The summed E-state index contributed by atoms with van der Waals surface area (Å²) in [5, 5.41) is 3.83. The number of para-hydroxylation sites is 1. The Morgan fingerprint density at radius 2 is 1.76 bits per heavy atom. The number of carbonyl (C=O) groups is 1. The van der Waals surface area contributed by atoms with Crippen molar-refractivity contribution < 1.29 is 17.6 Å². The summed E-state index contributed by atoms with van der Waals surface area (Å²) in [5.74, 6) is -1.66. The van der Waals surface area contributed by atoms with Crippen molar-refractivity contribution in [3.05, 3.63) is 102 Å². The molecule has 33 heavy (non-hydrogen) atoms. The molecule has 0 aliphatic heterocycles. The largest absolute Gasteiger partial charge is 0.361 e. The molecule has 0 bridgehead atoms. The van der Waals surface area contributed by atoms with Crippen molar-refractivity contribution in [1.82, 2.24) is 15.0 Å². The number of carbonyl (C=O) groups excluding carboxylic acids is 1. The summed E-state index contributed by atoms with van der Waals surface area (Å²) in [7, 11) is -3.82. The number of nitrogens with one attached hydrogen (secondary N) is 3. The fourth-order valence-electron chi connectivity index (χ4n) is 3.88. The monoisotopic (exact) mass is 465 g/mol. The molecule has 3 aromatic carbocycles. The van der Waals surface area contributed by atoms with Gasteiger partial charge in [0.15, 0.2) is 0 Å². The van der Waals surface area contributed by atoms with E-state index in [4.69, 9.17) is 0 Å². The van der Waals surface area contributed by atoms with Crippen LogP contribution in [0.1, 0.15) is 34.3 Å². The SMILES string of the molecule is CCNS(=O)(=O)c1ccc(F)c(C(=O)NCC(c2ccccc2)c2c[nH]c3ccccc23)c1. The highest BCUT2D eigenvalue weighted by Gasteiger charge is 2.22. The van der Waals surface area contributed by atoms with Crippen molar-refractivity contribution in [3.8, 4) is 0 Å². The minimum atomic E-state index is -3.82. The molecule has 4 aromatic rings. The average Bonchev–Trinajstić information content (AvgIpc) is 3.24. The first-order chi connectivity index (χ1) is 15.9. The van der Waals surface area contributed by atoms with Gasteiger partial charge in [0.1, 0.15) is 5.82 Å². The van der Waals surface area contributed by atoms with Crippen molar-refractivity contribution >= 4 is 26.8 Å². The molecule has 0 radical (unpaired) electrons. The minimum absolute atomic E-state index is 0.160. The topological polar surface area (TPSA) is 91.1 Å². The van der Waals surface area contributed by atoms with E-state index < -0.39 is 21.7 Å². The van der Waals surface area contributed by atoms with Crippen LogP contribution < -0.4 is 10.0 Å². The third-order valence-corrected chi connectivity index (χ3v) is 7.04. The Balaban J connectivity index is 1.63. The fourth-order valence-corrected chi connectivity index (χ4v) is 4.95. The number of amides is 1. The summed E-state index contributed by atoms with van der Waals surface area (Å²) in [6, 6.07) is 20.8. The highest BCUT2D eigenvalue weighted by atomic mass is 32.2. The average molecular weight is 466 g/mol. The van der Waals surface area contributed by atoms with Crippen LogP contribution in [-0.2, 0) is 10.0 Å². The van der Waals surface area contributed by atoms with Gasteiger partial charge in [-0.15, -0.1) is 0 Å².